The number of carbonyl (C=O) groups excluding carboxylic acids is 3. The Morgan fingerprint density at radius 3 is 1.83 bits per heavy atom. The predicted octanol–water partition coefficient (Wildman–Crippen LogP) is 3.57. The normalized spacial score (nSPS) is 11.7. The molecule has 0 aliphatic carbocycles. The van der Waals surface area contributed by atoms with Gasteiger partial charge in [0, 0.05) is 24.9 Å². The number of alkyl halides is 6. The average Bonchev–Trinajstić information content (AvgIpc) is 2.64. The molecule has 0 aliphatic rings. The van der Waals surface area contributed by atoms with Crippen molar-refractivity contribution in [3.8, 4) is 0 Å². The molecular formula is C18H21F6N3O3. The Bertz CT molecular complexity index is 730. The van der Waals surface area contributed by atoms with Gasteiger partial charge in [-0.25, -0.2) is 0 Å². The lowest BCUT2D eigenvalue weighted by Crippen LogP contribution is -2.41. The van der Waals surface area contributed by atoms with Crippen LogP contribution in [0.4, 0.5) is 26.3 Å². The van der Waals surface area contributed by atoms with Gasteiger partial charge in [0.1, 0.15) is 0 Å². The summed E-state index contributed by atoms with van der Waals surface area (Å²) in [6.45, 7) is 2.46. The topological polar surface area (TPSA) is 87.3 Å². The number of benzene rings is 1. The Morgan fingerprint density at radius 1 is 0.800 bits per heavy atom. The molecular weight excluding hydrogens is 420 g/mol. The number of nitrogens with one attached hydrogen (secondary N) is 3. The van der Waals surface area contributed by atoms with Crippen LogP contribution in [0.1, 0.15) is 60.5 Å². The summed E-state index contributed by atoms with van der Waals surface area (Å²) in [7, 11) is 0. The fraction of sp³-hybridized carbons (Fsp3) is 0.500. The highest BCUT2D eigenvalue weighted by Gasteiger charge is 2.37. The van der Waals surface area contributed by atoms with Crippen LogP contribution < -0.4 is 16.2 Å². The molecule has 0 aliphatic heterocycles. The predicted molar refractivity (Wildman–Crippen MR) is 93.8 cm³/mol. The Labute approximate surface area is 168 Å². The van der Waals surface area contributed by atoms with Crippen LogP contribution in [-0.4, -0.2) is 24.3 Å². The monoisotopic (exact) mass is 441 g/mol. The zero-order chi connectivity index (χ0) is 22.9. The van der Waals surface area contributed by atoms with E-state index < -0.39 is 40.9 Å². The van der Waals surface area contributed by atoms with Crippen molar-refractivity contribution in [2.75, 3.05) is 6.54 Å². The van der Waals surface area contributed by atoms with Gasteiger partial charge in [-0.05, 0) is 31.0 Å². The molecule has 0 atom stereocenters. The lowest BCUT2D eigenvalue weighted by molar-refractivity contribution is -0.143. The van der Waals surface area contributed by atoms with Crippen molar-refractivity contribution in [3.05, 3.63) is 34.9 Å². The second kappa shape index (κ2) is 10.8. The first-order valence-electron chi connectivity index (χ1n) is 9.00. The minimum Gasteiger partial charge on any atom is -0.356 e. The van der Waals surface area contributed by atoms with Crippen LogP contribution in [0.2, 0.25) is 0 Å². The second-order valence-electron chi connectivity index (χ2n) is 6.35. The van der Waals surface area contributed by atoms with Gasteiger partial charge in [-0.3, -0.25) is 25.2 Å². The van der Waals surface area contributed by atoms with Crippen LogP contribution in [0.25, 0.3) is 0 Å². The zero-order valence-corrected chi connectivity index (χ0v) is 16.0. The van der Waals surface area contributed by atoms with Crippen molar-refractivity contribution in [2.24, 2.45) is 0 Å². The highest BCUT2D eigenvalue weighted by Crippen LogP contribution is 2.36. The first-order valence-corrected chi connectivity index (χ1v) is 9.00. The van der Waals surface area contributed by atoms with Gasteiger partial charge in [-0.15, -0.1) is 0 Å². The number of hydrogen-bond donors (Lipinski definition) is 3. The molecule has 3 amide bonds. The summed E-state index contributed by atoms with van der Waals surface area (Å²) in [5.41, 5.74) is -0.571. The van der Waals surface area contributed by atoms with Crippen LogP contribution in [0, 0.1) is 0 Å². The number of hydrogen-bond acceptors (Lipinski definition) is 3. The maximum absolute atomic E-state index is 12.8. The second-order valence-corrected chi connectivity index (χ2v) is 6.35. The molecule has 30 heavy (non-hydrogen) atoms. The van der Waals surface area contributed by atoms with Crippen molar-refractivity contribution in [1.29, 1.82) is 0 Å². The lowest BCUT2D eigenvalue weighted by atomic mass is 10.0. The molecule has 6 nitrogen and oxygen atoms in total. The first-order chi connectivity index (χ1) is 13.8. The Kier molecular flexibility index (Phi) is 9.12. The van der Waals surface area contributed by atoms with Crippen LogP contribution in [-0.2, 0) is 21.9 Å². The lowest BCUT2D eigenvalue weighted by Gasteiger charge is -2.14. The Morgan fingerprint density at radius 2 is 1.33 bits per heavy atom. The Balaban J connectivity index is 2.64. The zero-order valence-electron chi connectivity index (χ0n) is 16.0. The van der Waals surface area contributed by atoms with Crippen molar-refractivity contribution < 1.29 is 40.7 Å². The molecule has 0 heterocycles. The fourth-order valence-electron chi connectivity index (χ4n) is 2.25. The van der Waals surface area contributed by atoms with E-state index in [1.165, 1.54) is 0 Å². The summed E-state index contributed by atoms with van der Waals surface area (Å²) in [5, 5.41) is 2.64. The molecule has 3 N–H and O–H groups in total. The first kappa shape index (κ1) is 25.2. The van der Waals surface area contributed by atoms with Crippen LogP contribution in [0.3, 0.4) is 0 Å². The molecule has 0 fully saturated rings. The SMILES string of the molecule is CCCCNC(=O)CCCC(=O)NNC(=O)c1cc(C(F)(F)F)cc(C(F)(F)F)c1. The van der Waals surface area contributed by atoms with E-state index in [1.54, 1.807) is 5.43 Å². The van der Waals surface area contributed by atoms with Crippen molar-refractivity contribution in [1.82, 2.24) is 16.2 Å². The number of rotatable bonds is 8. The number of unbranched alkanes of at least 4 members (excludes halogenated alkanes) is 1. The van der Waals surface area contributed by atoms with E-state index in [0.717, 1.165) is 12.8 Å². The standard InChI is InChI=1S/C18H21F6N3O3/c1-2-3-7-25-14(28)5-4-6-15(29)26-27-16(30)11-8-12(17(19,20)21)10-13(9-11)18(22,23)24/h8-10H,2-7H2,1H3,(H,25,28)(H,26,29)(H,27,30). The number of amides is 3. The van der Waals surface area contributed by atoms with Crippen LogP contribution in [0.15, 0.2) is 18.2 Å². The summed E-state index contributed by atoms with van der Waals surface area (Å²) >= 11 is 0. The van der Waals surface area contributed by atoms with E-state index in [0.29, 0.717) is 6.54 Å². The summed E-state index contributed by atoms with van der Waals surface area (Å²) in [6, 6.07) is 0.385. The molecule has 0 saturated carbocycles. The minimum atomic E-state index is -5.10. The fourth-order valence-corrected chi connectivity index (χ4v) is 2.25. The molecule has 0 spiro atoms. The minimum absolute atomic E-state index is 0.0493. The van der Waals surface area contributed by atoms with Crippen molar-refractivity contribution in [2.45, 2.75) is 51.4 Å². The van der Waals surface area contributed by atoms with Gasteiger partial charge in [-0.2, -0.15) is 26.3 Å². The highest BCUT2D eigenvalue weighted by atomic mass is 19.4. The van der Waals surface area contributed by atoms with Gasteiger partial charge in [0.25, 0.3) is 5.91 Å². The maximum Gasteiger partial charge on any atom is 0.416 e. The summed E-state index contributed by atoms with van der Waals surface area (Å²) in [6.07, 6.45) is -8.48. The number of hydrazine groups is 1. The van der Waals surface area contributed by atoms with Gasteiger partial charge < -0.3 is 5.32 Å². The Hall–Kier alpha value is -2.79. The van der Waals surface area contributed by atoms with E-state index in [1.807, 2.05) is 12.3 Å². The molecule has 0 unspecified atom stereocenters. The van der Waals surface area contributed by atoms with Gasteiger partial charge in [0.15, 0.2) is 0 Å². The molecule has 0 bridgehead atoms. The van der Waals surface area contributed by atoms with Gasteiger partial charge in [-0.1, -0.05) is 13.3 Å². The van der Waals surface area contributed by atoms with Crippen LogP contribution >= 0.6 is 0 Å². The summed E-state index contributed by atoms with van der Waals surface area (Å²) in [5.74, 6) is -2.37. The summed E-state index contributed by atoms with van der Waals surface area (Å²) < 4.78 is 76.9. The van der Waals surface area contributed by atoms with E-state index in [4.69, 9.17) is 0 Å². The summed E-state index contributed by atoms with van der Waals surface area (Å²) in [4.78, 5) is 35.0. The highest BCUT2D eigenvalue weighted by molar-refractivity contribution is 5.95. The third kappa shape index (κ3) is 8.70. The average molecular weight is 441 g/mol. The number of carbonyl (C=O) groups is 3. The number of halogens is 6. The van der Waals surface area contributed by atoms with E-state index in [9.17, 15) is 40.7 Å². The molecule has 0 radical (unpaired) electrons. The van der Waals surface area contributed by atoms with E-state index in [2.05, 4.69) is 5.32 Å². The van der Waals surface area contributed by atoms with Gasteiger partial charge in [0.05, 0.1) is 11.1 Å². The molecule has 168 valence electrons. The molecule has 12 heteroatoms. The van der Waals surface area contributed by atoms with Gasteiger partial charge in [0.2, 0.25) is 11.8 Å². The van der Waals surface area contributed by atoms with Crippen molar-refractivity contribution in [3.63, 3.8) is 0 Å². The van der Waals surface area contributed by atoms with Crippen LogP contribution in [0.5, 0.6) is 0 Å². The molecule has 1 rings (SSSR count). The third-order valence-electron chi connectivity index (χ3n) is 3.83. The van der Waals surface area contributed by atoms with Gasteiger partial charge >= 0.3 is 12.4 Å². The molecule has 0 saturated heterocycles. The smallest absolute Gasteiger partial charge is 0.356 e. The maximum atomic E-state index is 12.8. The van der Waals surface area contributed by atoms with Crippen molar-refractivity contribution >= 4 is 17.7 Å². The third-order valence-corrected chi connectivity index (χ3v) is 3.83. The largest absolute Gasteiger partial charge is 0.416 e. The molecule has 1 aromatic carbocycles. The molecule has 0 aromatic heterocycles. The molecule has 1 aromatic rings. The van der Waals surface area contributed by atoms with E-state index in [-0.39, 0.29) is 43.4 Å². The quantitative estimate of drug-likeness (QED) is 0.328. The van der Waals surface area contributed by atoms with E-state index >= 15 is 0 Å².